The van der Waals surface area contributed by atoms with Gasteiger partial charge >= 0.3 is 6.09 Å². The van der Waals surface area contributed by atoms with Gasteiger partial charge in [0.05, 0.1) is 6.54 Å². The van der Waals surface area contributed by atoms with Gasteiger partial charge in [-0.15, -0.1) is 0 Å². The molecule has 0 radical (unpaired) electrons. The molecule has 0 aliphatic carbocycles. The standard InChI is InChI=1S/C17H16N2O2/c1-13-12-15(10-9-14(13)6-5-11-18)19-17(20)21-16-7-3-2-4-8-16/h2-4,7-10,12H,11,18H2,1H3,(H,19,20). The molecule has 21 heavy (non-hydrogen) atoms. The average Bonchev–Trinajstić information content (AvgIpc) is 2.47. The number of rotatable bonds is 2. The molecule has 4 nitrogen and oxygen atoms in total. The first kappa shape index (κ1) is 14.6. The van der Waals surface area contributed by atoms with Crippen LogP contribution in [0.4, 0.5) is 10.5 Å². The van der Waals surface area contributed by atoms with Crippen molar-refractivity contribution in [2.75, 3.05) is 11.9 Å². The quantitative estimate of drug-likeness (QED) is 0.831. The molecule has 0 aromatic heterocycles. The van der Waals surface area contributed by atoms with Crippen LogP contribution in [-0.2, 0) is 0 Å². The minimum Gasteiger partial charge on any atom is -0.410 e. The highest BCUT2D eigenvalue weighted by molar-refractivity contribution is 5.86. The predicted molar refractivity (Wildman–Crippen MR) is 83.2 cm³/mol. The summed E-state index contributed by atoms with van der Waals surface area (Å²) in [6.45, 7) is 2.25. The van der Waals surface area contributed by atoms with Crippen molar-refractivity contribution in [2.45, 2.75) is 6.92 Å². The van der Waals surface area contributed by atoms with E-state index in [1.807, 2.05) is 25.1 Å². The molecule has 4 heteroatoms. The van der Waals surface area contributed by atoms with Crippen LogP contribution in [0.3, 0.4) is 0 Å². The SMILES string of the molecule is Cc1cc(NC(=O)Oc2ccccc2)ccc1C#CCN. The van der Waals surface area contributed by atoms with E-state index in [4.69, 9.17) is 10.5 Å². The maximum absolute atomic E-state index is 11.8. The lowest BCUT2D eigenvalue weighted by Gasteiger charge is -2.08. The molecule has 0 fully saturated rings. The lowest BCUT2D eigenvalue weighted by Crippen LogP contribution is -2.16. The molecular weight excluding hydrogens is 264 g/mol. The van der Waals surface area contributed by atoms with Crippen molar-refractivity contribution in [3.63, 3.8) is 0 Å². The molecular formula is C17H16N2O2. The van der Waals surface area contributed by atoms with Crippen molar-refractivity contribution in [1.82, 2.24) is 0 Å². The second kappa shape index (κ2) is 7.13. The fourth-order valence-electron chi connectivity index (χ4n) is 1.77. The summed E-state index contributed by atoms with van der Waals surface area (Å²) in [5.74, 6) is 6.28. The van der Waals surface area contributed by atoms with Crippen LogP contribution < -0.4 is 15.8 Å². The van der Waals surface area contributed by atoms with Crippen molar-refractivity contribution < 1.29 is 9.53 Å². The molecule has 3 N–H and O–H groups in total. The zero-order valence-electron chi connectivity index (χ0n) is 11.7. The molecule has 0 saturated heterocycles. The van der Waals surface area contributed by atoms with Gasteiger partial charge in [-0.1, -0.05) is 30.0 Å². The normalized spacial score (nSPS) is 9.43. The number of para-hydroxylation sites is 1. The number of ether oxygens (including phenoxy) is 1. The Balaban J connectivity index is 2.03. The first-order valence-corrected chi connectivity index (χ1v) is 6.52. The van der Waals surface area contributed by atoms with Crippen LogP contribution in [0.2, 0.25) is 0 Å². The van der Waals surface area contributed by atoms with E-state index in [0.717, 1.165) is 11.1 Å². The summed E-state index contributed by atoms with van der Waals surface area (Å²) >= 11 is 0. The highest BCUT2D eigenvalue weighted by Gasteiger charge is 2.05. The Hall–Kier alpha value is -2.77. The number of nitrogens with one attached hydrogen (secondary N) is 1. The van der Waals surface area contributed by atoms with Crippen LogP contribution in [0.5, 0.6) is 5.75 Å². The highest BCUT2D eigenvalue weighted by Crippen LogP contribution is 2.15. The third-order valence-corrected chi connectivity index (χ3v) is 2.75. The smallest absolute Gasteiger partial charge is 0.410 e. The molecule has 0 unspecified atom stereocenters. The molecule has 0 aliphatic heterocycles. The number of anilines is 1. The lowest BCUT2D eigenvalue weighted by molar-refractivity contribution is 0.215. The third kappa shape index (κ3) is 4.37. The van der Waals surface area contributed by atoms with E-state index in [-0.39, 0.29) is 0 Å². The van der Waals surface area contributed by atoms with E-state index < -0.39 is 6.09 Å². The van der Waals surface area contributed by atoms with Crippen molar-refractivity contribution in [3.8, 4) is 17.6 Å². The van der Waals surface area contributed by atoms with Gasteiger partial charge in [0.2, 0.25) is 0 Å². The Morgan fingerprint density at radius 3 is 2.67 bits per heavy atom. The molecule has 0 heterocycles. The van der Waals surface area contributed by atoms with E-state index in [1.165, 1.54) is 0 Å². The number of aryl methyl sites for hydroxylation is 1. The monoisotopic (exact) mass is 280 g/mol. The Bertz CT molecular complexity index is 685. The highest BCUT2D eigenvalue weighted by atomic mass is 16.6. The minimum atomic E-state index is -0.526. The maximum Gasteiger partial charge on any atom is 0.417 e. The van der Waals surface area contributed by atoms with Crippen LogP contribution >= 0.6 is 0 Å². The van der Waals surface area contributed by atoms with E-state index in [1.54, 1.807) is 30.3 Å². The van der Waals surface area contributed by atoms with Gasteiger partial charge in [0.1, 0.15) is 5.75 Å². The fourth-order valence-corrected chi connectivity index (χ4v) is 1.77. The van der Waals surface area contributed by atoms with E-state index in [2.05, 4.69) is 17.2 Å². The summed E-state index contributed by atoms with van der Waals surface area (Å²) in [5, 5.41) is 2.68. The van der Waals surface area contributed by atoms with Crippen molar-refractivity contribution >= 4 is 11.8 Å². The largest absolute Gasteiger partial charge is 0.417 e. The van der Waals surface area contributed by atoms with Crippen LogP contribution in [0.15, 0.2) is 48.5 Å². The van der Waals surface area contributed by atoms with E-state index in [9.17, 15) is 4.79 Å². The number of carbonyl (C=O) groups is 1. The summed E-state index contributed by atoms with van der Waals surface area (Å²) in [7, 11) is 0. The van der Waals surface area contributed by atoms with Gasteiger partial charge in [-0.25, -0.2) is 4.79 Å². The van der Waals surface area contributed by atoms with Gasteiger partial charge < -0.3 is 10.5 Å². The van der Waals surface area contributed by atoms with Gasteiger partial charge in [0.25, 0.3) is 0 Å². The van der Waals surface area contributed by atoms with E-state index in [0.29, 0.717) is 18.0 Å². The van der Waals surface area contributed by atoms with Crippen LogP contribution in [0, 0.1) is 18.8 Å². The molecule has 0 saturated carbocycles. The molecule has 0 spiro atoms. The van der Waals surface area contributed by atoms with E-state index >= 15 is 0 Å². The molecule has 0 bridgehead atoms. The second-order valence-electron chi connectivity index (χ2n) is 4.36. The Morgan fingerprint density at radius 1 is 1.24 bits per heavy atom. The van der Waals surface area contributed by atoms with Crippen LogP contribution in [0.25, 0.3) is 0 Å². The van der Waals surface area contributed by atoms with Crippen molar-refractivity contribution in [2.24, 2.45) is 5.73 Å². The third-order valence-electron chi connectivity index (χ3n) is 2.75. The minimum absolute atomic E-state index is 0.322. The molecule has 0 atom stereocenters. The maximum atomic E-state index is 11.8. The van der Waals surface area contributed by atoms with Crippen molar-refractivity contribution in [1.29, 1.82) is 0 Å². The van der Waals surface area contributed by atoms with Gasteiger partial charge in [-0.05, 0) is 42.8 Å². The summed E-state index contributed by atoms with van der Waals surface area (Å²) in [4.78, 5) is 11.8. The average molecular weight is 280 g/mol. The number of nitrogens with two attached hydrogens (primary N) is 1. The van der Waals surface area contributed by atoms with Crippen molar-refractivity contribution in [3.05, 3.63) is 59.7 Å². The topological polar surface area (TPSA) is 64.3 Å². The Kier molecular flexibility index (Phi) is 4.97. The zero-order valence-corrected chi connectivity index (χ0v) is 11.7. The van der Waals surface area contributed by atoms with Crippen LogP contribution in [0.1, 0.15) is 11.1 Å². The fraction of sp³-hybridized carbons (Fsp3) is 0.118. The van der Waals surface area contributed by atoms with Crippen LogP contribution in [-0.4, -0.2) is 12.6 Å². The molecule has 2 aromatic carbocycles. The molecule has 2 aromatic rings. The Morgan fingerprint density at radius 2 is 2.00 bits per heavy atom. The number of amides is 1. The predicted octanol–water partition coefficient (Wildman–Crippen LogP) is 2.92. The number of carbonyl (C=O) groups excluding carboxylic acids is 1. The van der Waals surface area contributed by atoms with Gasteiger partial charge in [-0.3, -0.25) is 5.32 Å². The molecule has 1 amide bonds. The summed E-state index contributed by atoms with van der Waals surface area (Å²) in [6.07, 6.45) is -0.526. The molecule has 106 valence electrons. The summed E-state index contributed by atoms with van der Waals surface area (Å²) < 4.78 is 5.16. The lowest BCUT2D eigenvalue weighted by atomic mass is 10.1. The molecule has 2 rings (SSSR count). The summed E-state index contributed by atoms with van der Waals surface area (Å²) in [6, 6.07) is 14.4. The first-order chi connectivity index (χ1) is 10.2. The number of hydrogen-bond acceptors (Lipinski definition) is 3. The first-order valence-electron chi connectivity index (χ1n) is 6.52. The number of hydrogen-bond donors (Lipinski definition) is 2. The molecule has 0 aliphatic rings. The summed E-state index contributed by atoms with van der Waals surface area (Å²) in [5.41, 5.74) is 7.86. The number of benzene rings is 2. The van der Waals surface area contributed by atoms with Gasteiger partial charge in [0, 0.05) is 11.3 Å². The van der Waals surface area contributed by atoms with Gasteiger partial charge in [-0.2, -0.15) is 0 Å². The Labute approximate surface area is 123 Å². The zero-order chi connectivity index (χ0) is 15.1. The second-order valence-corrected chi connectivity index (χ2v) is 4.36. The van der Waals surface area contributed by atoms with Gasteiger partial charge in [0.15, 0.2) is 0 Å².